The number of nitrogens with one attached hydrogen (secondary N) is 1. The first-order chi connectivity index (χ1) is 11.1. The first-order valence-electron chi connectivity index (χ1n) is 7.00. The number of halogens is 1. The molecule has 0 saturated carbocycles. The Morgan fingerprint density at radius 3 is 2.61 bits per heavy atom. The molecule has 0 aliphatic heterocycles. The molecule has 3 rings (SSSR count). The van der Waals surface area contributed by atoms with Crippen molar-refractivity contribution in [3.05, 3.63) is 59.0 Å². The lowest BCUT2D eigenvalue weighted by atomic mass is 10.3. The van der Waals surface area contributed by atoms with Crippen LogP contribution in [0.3, 0.4) is 0 Å². The van der Waals surface area contributed by atoms with Crippen molar-refractivity contribution in [1.29, 1.82) is 0 Å². The zero-order chi connectivity index (χ0) is 16.2. The van der Waals surface area contributed by atoms with Gasteiger partial charge in [0.15, 0.2) is 0 Å². The molecule has 5 N–H and O–H groups in total. The largest absolute Gasteiger partial charge is 0.383 e. The fraction of sp³-hybridized carbons (Fsp3) is 0.133. The minimum absolute atomic E-state index is 0.174. The summed E-state index contributed by atoms with van der Waals surface area (Å²) in [7, 11) is 0. The second-order valence-electron chi connectivity index (χ2n) is 4.97. The normalized spacial score (nSPS) is 10.8. The number of hydrogen-bond acceptors (Lipinski definition) is 6. The van der Waals surface area contributed by atoms with E-state index in [0.717, 1.165) is 16.9 Å². The van der Waals surface area contributed by atoms with Gasteiger partial charge in [0.2, 0.25) is 5.95 Å². The van der Waals surface area contributed by atoms with Gasteiger partial charge in [-0.2, -0.15) is 10.1 Å². The maximum Gasteiger partial charge on any atom is 0.221 e. The van der Waals surface area contributed by atoms with Gasteiger partial charge in [-0.3, -0.25) is 0 Å². The van der Waals surface area contributed by atoms with Gasteiger partial charge >= 0.3 is 0 Å². The number of hydrogen-bond donors (Lipinski definition) is 3. The third kappa shape index (κ3) is 3.77. The molecule has 0 unspecified atom stereocenters. The van der Waals surface area contributed by atoms with Crippen molar-refractivity contribution in [1.82, 2.24) is 25.1 Å². The molecule has 0 radical (unpaired) electrons. The molecule has 1 aromatic carbocycles. The molecule has 118 valence electrons. The summed E-state index contributed by atoms with van der Waals surface area (Å²) in [6.45, 7) is 1.14. The van der Waals surface area contributed by atoms with Gasteiger partial charge in [0, 0.05) is 36.1 Å². The van der Waals surface area contributed by atoms with Crippen LogP contribution in [0.4, 0.5) is 11.8 Å². The molecule has 0 amide bonds. The van der Waals surface area contributed by atoms with Gasteiger partial charge < -0.3 is 16.8 Å². The van der Waals surface area contributed by atoms with Crippen LogP contribution in [0.1, 0.15) is 11.3 Å². The molecular weight excluding hydrogens is 314 g/mol. The Hall–Kier alpha value is -2.64. The standard InChI is InChI=1S/C15H16ClN7/c16-11-1-3-13(4-2-11)23-6-5-12(22-23)9-19-7-10-8-20-15(18)21-14(10)17/h1-6,8,19H,7,9H2,(H4,17,18,20,21). The van der Waals surface area contributed by atoms with E-state index in [-0.39, 0.29) is 5.95 Å². The zero-order valence-corrected chi connectivity index (χ0v) is 13.0. The van der Waals surface area contributed by atoms with Gasteiger partial charge in [-0.05, 0) is 30.3 Å². The van der Waals surface area contributed by atoms with Crippen LogP contribution in [0, 0.1) is 0 Å². The number of benzene rings is 1. The third-order valence-electron chi connectivity index (χ3n) is 3.27. The first-order valence-corrected chi connectivity index (χ1v) is 7.37. The highest BCUT2D eigenvalue weighted by atomic mass is 35.5. The van der Waals surface area contributed by atoms with Crippen LogP contribution in [0.2, 0.25) is 5.02 Å². The average Bonchev–Trinajstić information content (AvgIpc) is 2.99. The number of nitrogens with two attached hydrogens (primary N) is 2. The Kier molecular flexibility index (Phi) is 4.40. The summed E-state index contributed by atoms with van der Waals surface area (Å²) in [5, 5.41) is 8.46. The van der Waals surface area contributed by atoms with E-state index in [9.17, 15) is 0 Å². The Bertz CT molecular complexity index is 798. The molecule has 23 heavy (non-hydrogen) atoms. The lowest BCUT2D eigenvalue weighted by molar-refractivity contribution is 0.667. The Morgan fingerprint density at radius 2 is 1.87 bits per heavy atom. The monoisotopic (exact) mass is 329 g/mol. The highest BCUT2D eigenvalue weighted by Crippen LogP contribution is 2.13. The topological polar surface area (TPSA) is 108 Å². The van der Waals surface area contributed by atoms with Crippen molar-refractivity contribution in [2.45, 2.75) is 13.1 Å². The lowest BCUT2D eigenvalue weighted by Crippen LogP contribution is -2.15. The second-order valence-corrected chi connectivity index (χ2v) is 5.41. The lowest BCUT2D eigenvalue weighted by Gasteiger charge is -2.06. The molecule has 8 heteroatoms. The van der Waals surface area contributed by atoms with E-state index in [1.165, 1.54) is 0 Å². The first kappa shape index (κ1) is 15.3. The van der Waals surface area contributed by atoms with Crippen LogP contribution in [0.25, 0.3) is 5.69 Å². The summed E-state index contributed by atoms with van der Waals surface area (Å²) in [6.07, 6.45) is 3.53. The van der Waals surface area contributed by atoms with Crippen LogP contribution in [0.5, 0.6) is 0 Å². The number of anilines is 2. The van der Waals surface area contributed by atoms with Crippen molar-refractivity contribution in [2.75, 3.05) is 11.5 Å². The van der Waals surface area contributed by atoms with E-state index >= 15 is 0 Å². The van der Waals surface area contributed by atoms with Gasteiger partial charge in [-0.15, -0.1) is 0 Å². The van der Waals surface area contributed by atoms with Crippen molar-refractivity contribution in [3.8, 4) is 5.69 Å². The maximum atomic E-state index is 5.89. The summed E-state index contributed by atoms with van der Waals surface area (Å²) >= 11 is 5.89. The summed E-state index contributed by atoms with van der Waals surface area (Å²) in [6, 6.07) is 9.45. The van der Waals surface area contributed by atoms with Crippen LogP contribution in [0.15, 0.2) is 42.7 Å². The van der Waals surface area contributed by atoms with Crippen molar-refractivity contribution in [2.24, 2.45) is 0 Å². The van der Waals surface area contributed by atoms with Crippen LogP contribution in [-0.2, 0) is 13.1 Å². The van der Waals surface area contributed by atoms with Crippen molar-refractivity contribution < 1.29 is 0 Å². The molecule has 0 aliphatic carbocycles. The van der Waals surface area contributed by atoms with Crippen LogP contribution < -0.4 is 16.8 Å². The second kappa shape index (κ2) is 6.64. The minimum atomic E-state index is 0.174. The fourth-order valence-electron chi connectivity index (χ4n) is 2.09. The van der Waals surface area contributed by atoms with Gasteiger partial charge in [-0.1, -0.05) is 11.6 Å². The van der Waals surface area contributed by atoms with E-state index in [4.69, 9.17) is 23.1 Å². The Balaban J connectivity index is 1.60. The highest BCUT2D eigenvalue weighted by molar-refractivity contribution is 6.30. The van der Waals surface area contributed by atoms with Crippen molar-refractivity contribution in [3.63, 3.8) is 0 Å². The molecule has 2 heterocycles. The summed E-state index contributed by atoms with van der Waals surface area (Å²) in [4.78, 5) is 7.86. The highest BCUT2D eigenvalue weighted by Gasteiger charge is 2.04. The Labute approximate surface area is 138 Å². The summed E-state index contributed by atoms with van der Waals surface area (Å²) in [5.41, 5.74) is 13.9. The van der Waals surface area contributed by atoms with E-state index in [1.54, 1.807) is 10.9 Å². The molecular formula is C15H16ClN7. The smallest absolute Gasteiger partial charge is 0.221 e. The van der Waals surface area contributed by atoms with Gasteiger partial charge in [-0.25, -0.2) is 9.67 Å². The minimum Gasteiger partial charge on any atom is -0.383 e. The summed E-state index contributed by atoms with van der Waals surface area (Å²) < 4.78 is 1.80. The molecule has 0 aliphatic rings. The number of rotatable bonds is 5. The quantitative estimate of drug-likeness (QED) is 0.658. The predicted molar refractivity (Wildman–Crippen MR) is 90.0 cm³/mol. The number of nitrogens with zero attached hydrogens (tertiary/aromatic N) is 4. The fourth-order valence-corrected chi connectivity index (χ4v) is 2.22. The molecule has 7 nitrogen and oxygen atoms in total. The summed E-state index contributed by atoms with van der Waals surface area (Å²) in [5.74, 6) is 0.560. The maximum absolute atomic E-state index is 5.89. The molecule has 3 aromatic rings. The number of nitrogen functional groups attached to an aromatic ring is 2. The predicted octanol–water partition coefficient (Wildman–Crippen LogP) is 1.77. The zero-order valence-electron chi connectivity index (χ0n) is 12.3. The molecule has 0 bridgehead atoms. The van der Waals surface area contributed by atoms with E-state index < -0.39 is 0 Å². The molecule has 0 saturated heterocycles. The average molecular weight is 330 g/mol. The van der Waals surface area contributed by atoms with E-state index in [2.05, 4.69) is 20.4 Å². The van der Waals surface area contributed by atoms with E-state index in [0.29, 0.717) is 23.9 Å². The van der Waals surface area contributed by atoms with Gasteiger partial charge in [0.25, 0.3) is 0 Å². The molecule has 0 atom stereocenters. The molecule has 0 spiro atoms. The third-order valence-corrected chi connectivity index (χ3v) is 3.53. The van der Waals surface area contributed by atoms with Crippen LogP contribution in [-0.4, -0.2) is 19.7 Å². The Morgan fingerprint density at radius 1 is 1.09 bits per heavy atom. The van der Waals surface area contributed by atoms with E-state index in [1.807, 2.05) is 36.5 Å². The SMILES string of the molecule is Nc1ncc(CNCc2ccn(-c3ccc(Cl)cc3)n2)c(N)n1. The molecule has 0 fully saturated rings. The van der Waals surface area contributed by atoms with Crippen LogP contribution >= 0.6 is 11.6 Å². The van der Waals surface area contributed by atoms with Gasteiger partial charge in [0.05, 0.1) is 11.4 Å². The van der Waals surface area contributed by atoms with Crippen molar-refractivity contribution >= 4 is 23.4 Å². The molecule has 2 aromatic heterocycles. The van der Waals surface area contributed by atoms with Gasteiger partial charge in [0.1, 0.15) is 5.82 Å². The number of aromatic nitrogens is 4.